The SMILES string of the molecule is CC(C)(C)c1cc(-c2ccc3c(c2)c2ccccc2n3-c2ccccc2)c2c(c1)c1cc(C(C)(C)C)cc3c4nc5c(cc4n2c13)c1cc2ccccc2c2c3c4ccccc4ccc3n5c12. The molecule has 4 heteroatoms. The first-order chi connectivity index (χ1) is 32.5. The molecule has 15 aromatic rings. The van der Waals surface area contributed by atoms with Gasteiger partial charge in [0.1, 0.15) is 5.65 Å². The quantitative estimate of drug-likeness (QED) is 0.170. The summed E-state index contributed by atoms with van der Waals surface area (Å²) < 4.78 is 7.48. The molecule has 318 valence electrons. The predicted molar refractivity (Wildman–Crippen MR) is 286 cm³/mol. The van der Waals surface area contributed by atoms with Crippen molar-refractivity contribution in [2.24, 2.45) is 0 Å². The Bertz CT molecular complexity index is 4620. The molecule has 0 aliphatic rings. The second-order valence-electron chi connectivity index (χ2n) is 21.2. The smallest absolute Gasteiger partial charge is 0.146 e. The van der Waals surface area contributed by atoms with Crippen molar-refractivity contribution < 1.29 is 0 Å². The van der Waals surface area contributed by atoms with Crippen LogP contribution in [0.3, 0.4) is 0 Å². The van der Waals surface area contributed by atoms with Crippen LogP contribution < -0.4 is 0 Å². The molecule has 0 amide bonds. The predicted octanol–water partition coefficient (Wildman–Crippen LogP) is 17.0. The summed E-state index contributed by atoms with van der Waals surface area (Å²) in [6.45, 7) is 14.1. The summed E-state index contributed by atoms with van der Waals surface area (Å²) in [5.74, 6) is 0. The van der Waals surface area contributed by atoms with Gasteiger partial charge in [-0.05, 0) is 122 Å². The van der Waals surface area contributed by atoms with Gasteiger partial charge in [0.25, 0.3) is 0 Å². The van der Waals surface area contributed by atoms with E-state index >= 15 is 0 Å². The first kappa shape index (κ1) is 37.3. The first-order valence-corrected chi connectivity index (χ1v) is 23.7. The van der Waals surface area contributed by atoms with Gasteiger partial charge in [-0.2, -0.15) is 0 Å². The Hall–Kier alpha value is -7.95. The second-order valence-corrected chi connectivity index (χ2v) is 21.2. The highest BCUT2D eigenvalue weighted by Crippen LogP contribution is 2.50. The van der Waals surface area contributed by atoms with Gasteiger partial charge in [-0.3, -0.25) is 4.40 Å². The Morgan fingerprint density at radius 2 is 0.985 bits per heavy atom. The van der Waals surface area contributed by atoms with Crippen molar-refractivity contribution in [3.63, 3.8) is 0 Å². The number of fused-ring (bicyclic) bond motifs is 19. The maximum Gasteiger partial charge on any atom is 0.146 e. The Labute approximate surface area is 386 Å². The van der Waals surface area contributed by atoms with Crippen molar-refractivity contribution in [3.05, 3.63) is 181 Å². The molecule has 0 bridgehead atoms. The van der Waals surface area contributed by atoms with E-state index < -0.39 is 0 Å². The van der Waals surface area contributed by atoms with Gasteiger partial charge in [-0.15, -0.1) is 0 Å². The van der Waals surface area contributed by atoms with Crippen LogP contribution in [-0.2, 0) is 10.8 Å². The lowest BCUT2D eigenvalue weighted by atomic mass is 9.83. The van der Waals surface area contributed by atoms with Crippen LogP contribution in [0.15, 0.2) is 170 Å². The Morgan fingerprint density at radius 1 is 0.373 bits per heavy atom. The fraction of sp³-hybridized carbons (Fsp3) is 0.127. The number of benzene rings is 9. The molecule has 0 saturated carbocycles. The van der Waals surface area contributed by atoms with Crippen LogP contribution in [0, 0.1) is 0 Å². The van der Waals surface area contributed by atoms with Crippen LogP contribution in [0.5, 0.6) is 0 Å². The zero-order chi connectivity index (χ0) is 44.8. The van der Waals surface area contributed by atoms with E-state index in [1.165, 1.54) is 131 Å². The monoisotopic (exact) mass is 858 g/mol. The molecule has 0 unspecified atom stereocenters. The van der Waals surface area contributed by atoms with Crippen LogP contribution in [0.4, 0.5) is 0 Å². The number of hydrogen-bond acceptors (Lipinski definition) is 1. The summed E-state index contributed by atoms with van der Waals surface area (Å²) in [7, 11) is 0. The summed E-state index contributed by atoms with van der Waals surface area (Å²) in [6.07, 6.45) is 0. The van der Waals surface area contributed by atoms with Crippen LogP contribution in [0.1, 0.15) is 52.7 Å². The second kappa shape index (κ2) is 12.5. The largest absolute Gasteiger partial charge is 0.309 e. The molecule has 0 saturated heterocycles. The van der Waals surface area contributed by atoms with E-state index in [9.17, 15) is 0 Å². The highest BCUT2D eigenvalue weighted by Gasteiger charge is 2.29. The molecule has 0 aliphatic heterocycles. The van der Waals surface area contributed by atoms with Gasteiger partial charge in [0.2, 0.25) is 0 Å². The maximum absolute atomic E-state index is 5.91. The van der Waals surface area contributed by atoms with Gasteiger partial charge in [-0.1, -0.05) is 139 Å². The lowest BCUT2D eigenvalue weighted by Gasteiger charge is -2.22. The minimum atomic E-state index is -0.0821. The van der Waals surface area contributed by atoms with Crippen LogP contribution in [0.25, 0.3) is 137 Å². The molecule has 9 aromatic carbocycles. The fourth-order valence-electron chi connectivity index (χ4n) is 12.1. The molecule has 67 heavy (non-hydrogen) atoms. The van der Waals surface area contributed by atoms with Crippen molar-refractivity contribution in [1.82, 2.24) is 18.4 Å². The van der Waals surface area contributed by atoms with E-state index in [2.05, 4.69) is 225 Å². The average molecular weight is 859 g/mol. The van der Waals surface area contributed by atoms with Gasteiger partial charge in [0.15, 0.2) is 0 Å². The molecular weight excluding hydrogens is 813 g/mol. The van der Waals surface area contributed by atoms with E-state index in [4.69, 9.17) is 4.98 Å². The number of rotatable bonds is 2. The summed E-state index contributed by atoms with van der Waals surface area (Å²) in [4.78, 5) is 5.91. The fourth-order valence-corrected chi connectivity index (χ4v) is 12.1. The third-order valence-corrected chi connectivity index (χ3v) is 15.3. The van der Waals surface area contributed by atoms with Crippen molar-refractivity contribution in [3.8, 4) is 16.8 Å². The number of pyridine rings is 1. The van der Waals surface area contributed by atoms with Gasteiger partial charge in [0.05, 0.1) is 44.1 Å². The van der Waals surface area contributed by atoms with Gasteiger partial charge in [-0.25, -0.2) is 4.98 Å². The van der Waals surface area contributed by atoms with E-state index in [0.717, 1.165) is 16.7 Å². The van der Waals surface area contributed by atoms with Crippen LogP contribution in [-0.4, -0.2) is 18.4 Å². The molecule has 0 radical (unpaired) electrons. The molecule has 0 atom stereocenters. The molecule has 0 fully saturated rings. The summed E-state index contributed by atoms with van der Waals surface area (Å²) in [5, 5.41) is 16.4. The number of para-hydroxylation sites is 2. The lowest BCUT2D eigenvalue weighted by molar-refractivity contribution is 0.591. The minimum absolute atomic E-state index is 0.0807. The topological polar surface area (TPSA) is 26.6 Å². The average Bonchev–Trinajstić information content (AvgIpc) is 4.12. The standard InChI is InChI=1S/C63H46N4/c1-62(2,3)38-30-44(37-25-26-52-45(28-37)43-22-14-15-23-51(43)65(52)40-18-8-7-9-19-40)58-47(31-38)48-32-39(63(4,5)6)33-50-57-54(66(58)59(48)50)34-49-46-29-36-17-11-13-21-42(36)56-55-41-20-12-10-16-35(41)24-27-53(55)67(60(46)56)61(49)64-57/h7-34H,1-6H3. The zero-order valence-corrected chi connectivity index (χ0v) is 38.5. The molecule has 0 spiro atoms. The zero-order valence-electron chi connectivity index (χ0n) is 38.5. The summed E-state index contributed by atoms with van der Waals surface area (Å²) >= 11 is 0. The third kappa shape index (κ3) is 4.79. The van der Waals surface area contributed by atoms with Gasteiger partial charge >= 0.3 is 0 Å². The van der Waals surface area contributed by atoms with Crippen LogP contribution >= 0.6 is 0 Å². The normalized spacial score (nSPS) is 13.2. The Kier molecular flexibility index (Phi) is 6.94. The number of nitrogens with zero attached hydrogens (tertiary/aromatic N) is 4. The van der Waals surface area contributed by atoms with Crippen LogP contribution in [0.2, 0.25) is 0 Å². The molecule has 0 N–H and O–H groups in total. The van der Waals surface area contributed by atoms with Crippen molar-refractivity contribution in [2.75, 3.05) is 0 Å². The maximum atomic E-state index is 5.91. The molecule has 0 aliphatic carbocycles. The molecule has 4 nitrogen and oxygen atoms in total. The molecule has 6 aromatic heterocycles. The molecular formula is C63H46N4. The summed E-state index contributed by atoms with van der Waals surface area (Å²) in [5.41, 5.74) is 16.7. The van der Waals surface area contributed by atoms with Gasteiger partial charge in [0, 0.05) is 59.7 Å². The van der Waals surface area contributed by atoms with Crippen molar-refractivity contribution in [2.45, 2.75) is 52.4 Å². The van der Waals surface area contributed by atoms with E-state index in [1.54, 1.807) is 0 Å². The number of aromatic nitrogens is 4. The highest BCUT2D eigenvalue weighted by molar-refractivity contribution is 6.36. The minimum Gasteiger partial charge on any atom is -0.309 e. The van der Waals surface area contributed by atoms with Gasteiger partial charge < -0.3 is 8.97 Å². The summed E-state index contributed by atoms with van der Waals surface area (Å²) in [6, 6.07) is 64.0. The molecule has 6 heterocycles. The Morgan fingerprint density at radius 3 is 1.76 bits per heavy atom. The molecule has 15 rings (SSSR count). The van der Waals surface area contributed by atoms with E-state index in [1.807, 2.05) is 0 Å². The highest BCUT2D eigenvalue weighted by atomic mass is 15.0. The van der Waals surface area contributed by atoms with E-state index in [-0.39, 0.29) is 10.8 Å². The third-order valence-electron chi connectivity index (χ3n) is 15.3. The van der Waals surface area contributed by atoms with Crippen molar-refractivity contribution in [1.29, 1.82) is 0 Å². The number of hydrogen-bond donors (Lipinski definition) is 0. The lowest BCUT2D eigenvalue weighted by Crippen LogP contribution is -2.11. The van der Waals surface area contributed by atoms with E-state index in [0.29, 0.717) is 0 Å². The van der Waals surface area contributed by atoms with Crippen molar-refractivity contribution >= 4 is 120 Å². The first-order valence-electron chi connectivity index (χ1n) is 23.7. The Balaban J connectivity index is 1.13.